The van der Waals surface area contributed by atoms with E-state index in [1.54, 1.807) is 24.3 Å². The molecule has 172 valence electrons. The van der Waals surface area contributed by atoms with Crippen molar-refractivity contribution in [2.45, 2.75) is 50.5 Å². The highest BCUT2D eigenvalue weighted by atomic mass is 16.4. The predicted molar refractivity (Wildman–Crippen MR) is 116 cm³/mol. The van der Waals surface area contributed by atoms with Gasteiger partial charge in [-0.1, -0.05) is 32.0 Å². The van der Waals surface area contributed by atoms with E-state index in [4.69, 9.17) is 10.2 Å². The SMILES string of the molecule is CCC(c1ccc(O)cc1)C(CC)c1ccc(O)c(NC(=O)CC(O)(C(=O)O)C(=O)O)c1. The molecule has 0 radical (unpaired) electrons. The van der Waals surface area contributed by atoms with Crippen LogP contribution in [0.2, 0.25) is 0 Å². The molecule has 0 saturated carbocycles. The Bertz CT molecular complexity index is 972. The van der Waals surface area contributed by atoms with Crippen molar-refractivity contribution in [3.05, 3.63) is 53.6 Å². The largest absolute Gasteiger partial charge is 0.508 e. The van der Waals surface area contributed by atoms with Crippen LogP contribution in [0.3, 0.4) is 0 Å². The van der Waals surface area contributed by atoms with E-state index < -0.39 is 29.9 Å². The van der Waals surface area contributed by atoms with Gasteiger partial charge in [-0.05, 0) is 60.1 Å². The average molecular weight is 445 g/mol. The number of amides is 1. The van der Waals surface area contributed by atoms with Gasteiger partial charge in [0.1, 0.15) is 11.5 Å². The molecule has 2 aromatic rings. The summed E-state index contributed by atoms with van der Waals surface area (Å²) in [5.74, 6) is -5.26. The second kappa shape index (κ2) is 10.1. The zero-order chi connectivity index (χ0) is 24.1. The van der Waals surface area contributed by atoms with Crippen molar-refractivity contribution >= 4 is 23.5 Å². The number of aliphatic carboxylic acids is 2. The third-order valence-electron chi connectivity index (χ3n) is 5.53. The number of carbonyl (C=O) groups is 3. The summed E-state index contributed by atoms with van der Waals surface area (Å²) in [6.45, 7) is 4.03. The minimum absolute atomic E-state index is 0.00392. The number of anilines is 1. The third-order valence-corrected chi connectivity index (χ3v) is 5.53. The quantitative estimate of drug-likeness (QED) is 0.240. The van der Waals surface area contributed by atoms with Crippen LogP contribution in [0.4, 0.5) is 5.69 Å². The molecule has 0 saturated heterocycles. The van der Waals surface area contributed by atoms with Gasteiger partial charge in [-0.15, -0.1) is 0 Å². The normalized spacial score (nSPS) is 13.2. The Morgan fingerprint density at radius 3 is 1.88 bits per heavy atom. The number of carboxylic acid groups (broad SMARTS) is 2. The first kappa shape index (κ1) is 24.7. The summed E-state index contributed by atoms with van der Waals surface area (Å²) in [4.78, 5) is 34.4. The van der Waals surface area contributed by atoms with E-state index in [1.807, 2.05) is 26.0 Å². The van der Waals surface area contributed by atoms with Crippen LogP contribution in [0.15, 0.2) is 42.5 Å². The van der Waals surface area contributed by atoms with Crippen molar-refractivity contribution < 1.29 is 39.9 Å². The lowest BCUT2D eigenvalue weighted by Crippen LogP contribution is -2.49. The minimum atomic E-state index is -3.28. The summed E-state index contributed by atoms with van der Waals surface area (Å²) >= 11 is 0. The monoisotopic (exact) mass is 445 g/mol. The van der Waals surface area contributed by atoms with Crippen LogP contribution in [0.5, 0.6) is 11.5 Å². The molecule has 2 rings (SSSR count). The Morgan fingerprint density at radius 2 is 1.38 bits per heavy atom. The van der Waals surface area contributed by atoms with Gasteiger partial charge in [0, 0.05) is 0 Å². The maximum absolute atomic E-state index is 12.3. The molecule has 6 N–H and O–H groups in total. The molecule has 2 unspecified atom stereocenters. The Morgan fingerprint density at radius 1 is 0.875 bits per heavy atom. The van der Waals surface area contributed by atoms with Gasteiger partial charge in [-0.3, -0.25) is 4.79 Å². The predicted octanol–water partition coefficient (Wildman–Crippen LogP) is 3.01. The van der Waals surface area contributed by atoms with Crippen molar-refractivity contribution in [1.29, 1.82) is 0 Å². The van der Waals surface area contributed by atoms with Gasteiger partial charge in [-0.2, -0.15) is 0 Å². The lowest BCUT2D eigenvalue weighted by Gasteiger charge is -2.27. The fourth-order valence-electron chi connectivity index (χ4n) is 3.78. The van der Waals surface area contributed by atoms with E-state index in [-0.39, 0.29) is 29.0 Å². The van der Waals surface area contributed by atoms with Gasteiger partial charge in [0.25, 0.3) is 5.60 Å². The number of carboxylic acids is 2. The molecule has 0 heterocycles. The number of hydrogen-bond donors (Lipinski definition) is 6. The third kappa shape index (κ3) is 5.36. The zero-order valence-electron chi connectivity index (χ0n) is 17.8. The Labute approximate surface area is 185 Å². The molecule has 0 aliphatic rings. The summed E-state index contributed by atoms with van der Waals surface area (Å²) in [6.07, 6.45) is 0.287. The molecule has 9 nitrogen and oxygen atoms in total. The fraction of sp³-hybridized carbons (Fsp3) is 0.348. The first-order valence-corrected chi connectivity index (χ1v) is 10.1. The summed E-state index contributed by atoms with van der Waals surface area (Å²) < 4.78 is 0. The number of carbonyl (C=O) groups excluding carboxylic acids is 1. The van der Waals surface area contributed by atoms with E-state index in [0.717, 1.165) is 24.0 Å². The van der Waals surface area contributed by atoms with Crippen LogP contribution in [0.1, 0.15) is 56.1 Å². The number of rotatable bonds is 10. The molecule has 1 amide bonds. The van der Waals surface area contributed by atoms with E-state index in [1.165, 1.54) is 6.07 Å². The molecule has 0 aromatic heterocycles. The van der Waals surface area contributed by atoms with Gasteiger partial charge >= 0.3 is 11.9 Å². The maximum atomic E-state index is 12.3. The molecular formula is C23H27NO8. The first-order valence-electron chi connectivity index (χ1n) is 10.1. The van der Waals surface area contributed by atoms with Crippen LogP contribution in [0.25, 0.3) is 0 Å². The molecule has 2 aromatic carbocycles. The van der Waals surface area contributed by atoms with E-state index in [2.05, 4.69) is 5.32 Å². The first-order chi connectivity index (χ1) is 15.0. The molecule has 0 aliphatic carbocycles. The highest BCUT2D eigenvalue weighted by Gasteiger charge is 2.46. The van der Waals surface area contributed by atoms with Crippen LogP contribution >= 0.6 is 0 Å². The maximum Gasteiger partial charge on any atom is 0.348 e. The van der Waals surface area contributed by atoms with Gasteiger partial charge < -0.3 is 30.8 Å². The van der Waals surface area contributed by atoms with Gasteiger partial charge in [0.15, 0.2) is 0 Å². The minimum Gasteiger partial charge on any atom is -0.508 e. The second-order valence-corrected chi connectivity index (χ2v) is 7.59. The zero-order valence-corrected chi connectivity index (χ0v) is 17.8. The van der Waals surface area contributed by atoms with Crippen LogP contribution < -0.4 is 5.32 Å². The summed E-state index contributed by atoms with van der Waals surface area (Å²) in [7, 11) is 0. The van der Waals surface area contributed by atoms with E-state index in [0.29, 0.717) is 0 Å². The van der Waals surface area contributed by atoms with Crippen molar-refractivity contribution in [1.82, 2.24) is 0 Å². The number of aromatic hydroxyl groups is 2. The average Bonchev–Trinajstić information content (AvgIpc) is 2.74. The lowest BCUT2D eigenvalue weighted by atomic mass is 9.78. The number of benzene rings is 2. The standard InChI is InChI=1S/C23H27NO8/c1-3-16(13-5-8-15(25)9-6-13)17(4-2)14-7-10-19(26)18(11-14)24-20(27)12-23(32,21(28)29)22(30)31/h5-11,16-17,25-26,32H,3-4,12H2,1-2H3,(H,24,27)(H,28,29)(H,30,31). The Kier molecular flexibility index (Phi) is 7.82. The number of phenols is 2. The van der Waals surface area contributed by atoms with Gasteiger partial charge in [0.2, 0.25) is 5.91 Å². The smallest absolute Gasteiger partial charge is 0.348 e. The van der Waals surface area contributed by atoms with Crippen molar-refractivity contribution in [3.63, 3.8) is 0 Å². The molecule has 0 aliphatic heterocycles. The summed E-state index contributed by atoms with van der Waals surface area (Å²) in [6, 6.07) is 11.6. The number of hydrogen-bond acceptors (Lipinski definition) is 6. The number of aliphatic hydroxyl groups is 1. The van der Waals surface area contributed by atoms with E-state index >= 15 is 0 Å². The highest BCUT2D eigenvalue weighted by Crippen LogP contribution is 2.40. The topological polar surface area (TPSA) is 164 Å². The second-order valence-electron chi connectivity index (χ2n) is 7.59. The molecular weight excluding hydrogens is 418 g/mol. The van der Waals surface area contributed by atoms with E-state index in [9.17, 15) is 29.7 Å². The molecule has 32 heavy (non-hydrogen) atoms. The van der Waals surface area contributed by atoms with Crippen LogP contribution in [-0.2, 0) is 14.4 Å². The number of nitrogens with one attached hydrogen (secondary N) is 1. The Hall–Kier alpha value is -3.59. The fourth-order valence-corrected chi connectivity index (χ4v) is 3.78. The lowest BCUT2D eigenvalue weighted by molar-refractivity contribution is -0.177. The number of phenolic OH excluding ortho intramolecular Hbond substituents is 2. The molecule has 0 fully saturated rings. The van der Waals surface area contributed by atoms with Crippen molar-refractivity contribution in [2.24, 2.45) is 0 Å². The van der Waals surface area contributed by atoms with Crippen LogP contribution in [-0.4, -0.2) is 49.0 Å². The van der Waals surface area contributed by atoms with Crippen molar-refractivity contribution in [2.75, 3.05) is 5.32 Å². The molecule has 2 atom stereocenters. The molecule has 0 bridgehead atoms. The van der Waals surface area contributed by atoms with Gasteiger partial charge in [0.05, 0.1) is 12.1 Å². The van der Waals surface area contributed by atoms with Crippen LogP contribution in [0, 0.1) is 0 Å². The highest BCUT2D eigenvalue weighted by molar-refractivity contribution is 6.07. The molecule has 0 spiro atoms. The summed E-state index contributed by atoms with van der Waals surface area (Å²) in [5, 5.41) is 49.7. The van der Waals surface area contributed by atoms with Crippen molar-refractivity contribution in [3.8, 4) is 11.5 Å². The summed E-state index contributed by atoms with van der Waals surface area (Å²) in [5.41, 5.74) is -1.49. The molecule has 9 heteroatoms. The Balaban J connectivity index is 2.32. The van der Waals surface area contributed by atoms with Gasteiger partial charge in [-0.25, -0.2) is 9.59 Å².